The number of rotatable bonds is 3. The molecule has 1 aromatic carbocycles. The fraction of sp³-hybridized carbons (Fsp3) is 0.0714. The molecule has 0 atom stereocenters. The third-order valence-corrected chi connectivity index (χ3v) is 4.14. The molecule has 20 heavy (non-hydrogen) atoms. The Morgan fingerprint density at radius 2 is 1.90 bits per heavy atom. The van der Waals surface area contributed by atoms with Crippen LogP contribution in [0.5, 0.6) is 0 Å². The van der Waals surface area contributed by atoms with Crippen LogP contribution in [0.3, 0.4) is 0 Å². The van der Waals surface area contributed by atoms with Crippen molar-refractivity contribution >= 4 is 40.3 Å². The van der Waals surface area contributed by atoms with E-state index in [1.54, 1.807) is 12.1 Å². The standard InChI is InChI=1S/C14H11IN2O3/c1-8-4-2-5-9(11(8)15)13(18)17-12-10(14(19)20)6-3-7-16-12/h2-7H,1H3,(H,19,20)(H,16,17,18). The minimum Gasteiger partial charge on any atom is -0.478 e. The molecular formula is C14H11IN2O3. The maximum atomic E-state index is 12.2. The molecule has 0 radical (unpaired) electrons. The fourth-order valence-electron chi connectivity index (χ4n) is 1.68. The Morgan fingerprint density at radius 1 is 1.20 bits per heavy atom. The largest absolute Gasteiger partial charge is 0.478 e. The first kappa shape index (κ1) is 14.4. The Balaban J connectivity index is 2.33. The number of carbonyl (C=O) groups is 2. The third-order valence-electron chi connectivity index (χ3n) is 2.71. The van der Waals surface area contributed by atoms with Gasteiger partial charge in [-0.2, -0.15) is 0 Å². The number of aromatic carboxylic acids is 1. The minimum absolute atomic E-state index is 0.0384. The molecule has 1 amide bonds. The second kappa shape index (κ2) is 6.00. The van der Waals surface area contributed by atoms with E-state index in [-0.39, 0.29) is 17.3 Å². The van der Waals surface area contributed by atoms with Crippen LogP contribution < -0.4 is 5.32 Å². The van der Waals surface area contributed by atoms with Crippen LogP contribution in [0.25, 0.3) is 0 Å². The summed E-state index contributed by atoms with van der Waals surface area (Å²) in [5, 5.41) is 11.6. The summed E-state index contributed by atoms with van der Waals surface area (Å²) in [6.45, 7) is 1.90. The molecule has 5 nitrogen and oxygen atoms in total. The van der Waals surface area contributed by atoms with Crippen LogP contribution in [-0.2, 0) is 0 Å². The Morgan fingerprint density at radius 3 is 2.60 bits per heavy atom. The average molecular weight is 382 g/mol. The van der Waals surface area contributed by atoms with Crippen molar-refractivity contribution in [3.63, 3.8) is 0 Å². The first-order valence-electron chi connectivity index (χ1n) is 5.75. The van der Waals surface area contributed by atoms with Gasteiger partial charge in [0.1, 0.15) is 11.4 Å². The van der Waals surface area contributed by atoms with E-state index in [9.17, 15) is 9.59 Å². The van der Waals surface area contributed by atoms with E-state index in [1.165, 1.54) is 18.3 Å². The van der Waals surface area contributed by atoms with E-state index < -0.39 is 5.97 Å². The summed E-state index contributed by atoms with van der Waals surface area (Å²) >= 11 is 2.09. The maximum absolute atomic E-state index is 12.2. The first-order valence-corrected chi connectivity index (χ1v) is 6.83. The van der Waals surface area contributed by atoms with Crippen molar-refractivity contribution in [2.45, 2.75) is 6.92 Å². The van der Waals surface area contributed by atoms with Gasteiger partial charge in [0, 0.05) is 9.77 Å². The zero-order valence-electron chi connectivity index (χ0n) is 10.6. The average Bonchev–Trinajstić information content (AvgIpc) is 2.42. The predicted molar refractivity (Wildman–Crippen MR) is 83.0 cm³/mol. The van der Waals surface area contributed by atoms with E-state index >= 15 is 0 Å². The van der Waals surface area contributed by atoms with E-state index in [2.05, 4.69) is 32.9 Å². The van der Waals surface area contributed by atoms with Gasteiger partial charge in [-0.05, 0) is 53.3 Å². The quantitative estimate of drug-likeness (QED) is 0.801. The summed E-state index contributed by atoms with van der Waals surface area (Å²) in [5.74, 6) is -1.46. The SMILES string of the molecule is Cc1cccc(C(=O)Nc2ncccc2C(=O)O)c1I. The van der Waals surface area contributed by atoms with Gasteiger partial charge in [0.2, 0.25) is 0 Å². The van der Waals surface area contributed by atoms with Crippen molar-refractivity contribution in [3.8, 4) is 0 Å². The van der Waals surface area contributed by atoms with Crippen LogP contribution in [-0.4, -0.2) is 22.0 Å². The fourth-order valence-corrected chi connectivity index (χ4v) is 2.28. The number of halogens is 1. The molecular weight excluding hydrogens is 371 g/mol. The molecule has 2 N–H and O–H groups in total. The zero-order chi connectivity index (χ0) is 14.7. The van der Waals surface area contributed by atoms with Crippen molar-refractivity contribution in [2.24, 2.45) is 0 Å². The van der Waals surface area contributed by atoms with Gasteiger partial charge in [0.05, 0.1) is 5.56 Å². The number of carboxylic acid groups (broad SMARTS) is 1. The van der Waals surface area contributed by atoms with Crippen molar-refractivity contribution in [1.82, 2.24) is 4.98 Å². The number of nitrogens with one attached hydrogen (secondary N) is 1. The smallest absolute Gasteiger partial charge is 0.339 e. The number of nitrogens with zero attached hydrogens (tertiary/aromatic N) is 1. The number of aromatic nitrogens is 1. The molecule has 0 bridgehead atoms. The molecule has 0 saturated carbocycles. The minimum atomic E-state index is -1.13. The van der Waals surface area contributed by atoms with E-state index in [1.807, 2.05) is 13.0 Å². The lowest BCUT2D eigenvalue weighted by Gasteiger charge is -2.09. The lowest BCUT2D eigenvalue weighted by molar-refractivity contribution is 0.0697. The van der Waals surface area contributed by atoms with Crippen LogP contribution in [0.1, 0.15) is 26.3 Å². The monoisotopic (exact) mass is 382 g/mol. The first-order chi connectivity index (χ1) is 9.50. The van der Waals surface area contributed by atoms with Gasteiger partial charge in [-0.15, -0.1) is 0 Å². The molecule has 0 aliphatic heterocycles. The van der Waals surface area contributed by atoms with Crippen LogP contribution in [0, 0.1) is 10.5 Å². The van der Waals surface area contributed by atoms with E-state index in [0.717, 1.165) is 9.13 Å². The zero-order valence-corrected chi connectivity index (χ0v) is 12.7. The number of amides is 1. The second-order valence-electron chi connectivity index (χ2n) is 4.10. The molecule has 0 spiro atoms. The Bertz CT molecular complexity index is 686. The normalized spacial score (nSPS) is 10.1. The van der Waals surface area contributed by atoms with E-state index in [4.69, 9.17) is 5.11 Å². The number of benzene rings is 1. The number of carbonyl (C=O) groups excluding carboxylic acids is 1. The van der Waals surface area contributed by atoms with Crippen LogP contribution >= 0.6 is 22.6 Å². The highest BCUT2D eigenvalue weighted by molar-refractivity contribution is 14.1. The Kier molecular flexibility index (Phi) is 4.33. The van der Waals surface area contributed by atoms with Crippen molar-refractivity contribution < 1.29 is 14.7 Å². The van der Waals surface area contributed by atoms with Gasteiger partial charge >= 0.3 is 5.97 Å². The van der Waals surface area contributed by atoms with Gasteiger partial charge in [-0.3, -0.25) is 4.79 Å². The topological polar surface area (TPSA) is 79.3 Å². The van der Waals surface area contributed by atoms with Crippen LogP contribution in [0.15, 0.2) is 36.5 Å². The Labute approximate surface area is 129 Å². The molecule has 0 saturated heterocycles. The third kappa shape index (κ3) is 2.96. The molecule has 0 fully saturated rings. The highest BCUT2D eigenvalue weighted by Crippen LogP contribution is 2.19. The van der Waals surface area contributed by atoms with Crippen LogP contribution in [0.4, 0.5) is 5.82 Å². The molecule has 1 aromatic heterocycles. The lowest BCUT2D eigenvalue weighted by atomic mass is 10.1. The van der Waals surface area contributed by atoms with Gasteiger partial charge in [-0.25, -0.2) is 9.78 Å². The Hall–Kier alpha value is -1.96. The number of pyridine rings is 1. The molecule has 0 unspecified atom stereocenters. The number of hydrogen-bond acceptors (Lipinski definition) is 3. The summed E-state index contributed by atoms with van der Waals surface area (Å²) in [7, 11) is 0. The molecule has 0 aliphatic carbocycles. The molecule has 2 rings (SSSR count). The van der Waals surface area contributed by atoms with Gasteiger partial charge in [0.15, 0.2) is 0 Å². The highest BCUT2D eigenvalue weighted by Gasteiger charge is 2.16. The number of hydrogen-bond donors (Lipinski definition) is 2. The predicted octanol–water partition coefficient (Wildman–Crippen LogP) is 2.95. The lowest BCUT2D eigenvalue weighted by Crippen LogP contribution is -2.17. The van der Waals surface area contributed by atoms with Crippen LogP contribution in [0.2, 0.25) is 0 Å². The summed E-state index contributed by atoms with van der Waals surface area (Å²) in [5.41, 5.74) is 1.44. The molecule has 6 heteroatoms. The van der Waals surface area contributed by atoms with Crippen molar-refractivity contribution in [1.29, 1.82) is 0 Å². The molecule has 0 aliphatic rings. The van der Waals surface area contributed by atoms with E-state index in [0.29, 0.717) is 5.56 Å². The summed E-state index contributed by atoms with van der Waals surface area (Å²) in [4.78, 5) is 27.2. The van der Waals surface area contributed by atoms with Gasteiger partial charge in [0.25, 0.3) is 5.91 Å². The number of carboxylic acids is 1. The van der Waals surface area contributed by atoms with Crippen molar-refractivity contribution in [3.05, 3.63) is 56.8 Å². The number of aryl methyl sites for hydroxylation is 1. The number of anilines is 1. The van der Waals surface area contributed by atoms with Gasteiger partial charge < -0.3 is 10.4 Å². The molecule has 1 heterocycles. The summed E-state index contributed by atoms with van der Waals surface area (Å²) < 4.78 is 0.829. The summed E-state index contributed by atoms with van der Waals surface area (Å²) in [6.07, 6.45) is 1.43. The molecule has 102 valence electrons. The highest BCUT2D eigenvalue weighted by atomic mass is 127. The van der Waals surface area contributed by atoms with Gasteiger partial charge in [-0.1, -0.05) is 12.1 Å². The summed E-state index contributed by atoms with van der Waals surface area (Å²) in [6, 6.07) is 8.28. The second-order valence-corrected chi connectivity index (χ2v) is 5.17. The van der Waals surface area contributed by atoms with Crippen molar-refractivity contribution in [2.75, 3.05) is 5.32 Å². The maximum Gasteiger partial charge on any atom is 0.339 e. The molecule has 2 aromatic rings.